The van der Waals surface area contributed by atoms with Gasteiger partial charge in [-0.15, -0.1) is 0 Å². The number of amides is 1. The Hall–Kier alpha value is -3.49. The highest BCUT2D eigenvalue weighted by atomic mass is 19.1. The average molecular weight is 489 g/mol. The molecule has 0 fully saturated rings. The maximum Gasteiger partial charge on any atom is 0.329 e. The van der Waals surface area contributed by atoms with Crippen LogP contribution in [0.4, 0.5) is 4.39 Å². The molecule has 35 heavy (non-hydrogen) atoms. The second kappa shape index (κ2) is 12.3. The van der Waals surface area contributed by atoms with Gasteiger partial charge >= 0.3 is 11.9 Å². The van der Waals surface area contributed by atoms with Crippen LogP contribution >= 0.6 is 0 Å². The van der Waals surface area contributed by atoms with Gasteiger partial charge in [0.1, 0.15) is 18.0 Å². The molecule has 190 valence electrons. The van der Waals surface area contributed by atoms with Crippen LogP contribution in [0.3, 0.4) is 0 Å². The predicted molar refractivity (Wildman–Crippen MR) is 128 cm³/mol. The van der Waals surface area contributed by atoms with Crippen LogP contribution in [0.2, 0.25) is 0 Å². The van der Waals surface area contributed by atoms with Gasteiger partial charge in [-0.3, -0.25) is 9.59 Å². The summed E-state index contributed by atoms with van der Waals surface area (Å²) in [6.07, 6.45) is 0.805. The van der Waals surface area contributed by atoms with Crippen molar-refractivity contribution in [1.29, 1.82) is 0 Å². The molecule has 0 aliphatic carbocycles. The molecule has 0 aliphatic heterocycles. The van der Waals surface area contributed by atoms with Gasteiger partial charge in [0.05, 0.1) is 13.0 Å². The Balaban J connectivity index is 2.21. The quantitative estimate of drug-likeness (QED) is 0.498. The van der Waals surface area contributed by atoms with Gasteiger partial charge < -0.3 is 19.5 Å². The lowest BCUT2D eigenvalue weighted by molar-refractivity contribution is -0.152. The molecule has 0 bridgehead atoms. The van der Waals surface area contributed by atoms with Crippen LogP contribution < -0.4 is 14.8 Å². The molecular formula is C26H33FN2O6. The zero-order chi connectivity index (χ0) is 26.3. The van der Waals surface area contributed by atoms with E-state index in [9.17, 15) is 18.8 Å². The molecule has 0 aliphatic rings. The normalized spacial score (nSPS) is 13.7. The first-order chi connectivity index (χ1) is 16.5. The first-order valence-electron chi connectivity index (χ1n) is 11.5. The summed E-state index contributed by atoms with van der Waals surface area (Å²) >= 11 is 0. The van der Waals surface area contributed by atoms with Crippen LogP contribution in [-0.4, -0.2) is 42.1 Å². The van der Waals surface area contributed by atoms with Crippen molar-refractivity contribution in [3.05, 3.63) is 53.6 Å². The SMILES string of the molecule is COc1ccnc(C(=O)N[C@H](C(=O)O[C@@H](C)[C@@H](C)c2ccc(F)cc2)C(C)C)c1OC(=O)C(C)C. The van der Waals surface area contributed by atoms with Crippen LogP contribution in [0.1, 0.15) is 63.5 Å². The number of carbonyl (C=O) groups excluding carboxylic acids is 3. The van der Waals surface area contributed by atoms with Gasteiger partial charge in [-0.25, -0.2) is 14.2 Å². The summed E-state index contributed by atoms with van der Waals surface area (Å²) in [4.78, 5) is 42.4. The van der Waals surface area contributed by atoms with Gasteiger partial charge in [0.2, 0.25) is 5.75 Å². The van der Waals surface area contributed by atoms with Crippen LogP contribution in [0.5, 0.6) is 11.5 Å². The third-order valence-corrected chi connectivity index (χ3v) is 5.59. The Kier molecular flexibility index (Phi) is 9.74. The van der Waals surface area contributed by atoms with E-state index in [-0.39, 0.29) is 34.8 Å². The Morgan fingerprint density at radius 3 is 2.11 bits per heavy atom. The van der Waals surface area contributed by atoms with E-state index >= 15 is 0 Å². The third-order valence-electron chi connectivity index (χ3n) is 5.59. The van der Waals surface area contributed by atoms with Gasteiger partial charge in [0, 0.05) is 18.2 Å². The fourth-order valence-corrected chi connectivity index (χ4v) is 3.17. The molecule has 0 saturated heterocycles. The van der Waals surface area contributed by atoms with E-state index in [2.05, 4.69) is 10.3 Å². The second-order valence-electron chi connectivity index (χ2n) is 8.94. The van der Waals surface area contributed by atoms with E-state index < -0.39 is 35.9 Å². The fraction of sp³-hybridized carbons (Fsp3) is 0.462. The predicted octanol–water partition coefficient (Wildman–Crippen LogP) is 4.28. The van der Waals surface area contributed by atoms with E-state index in [1.165, 1.54) is 31.5 Å². The number of methoxy groups -OCH3 is 1. The number of benzene rings is 1. The summed E-state index contributed by atoms with van der Waals surface area (Å²) < 4.78 is 29.5. The minimum Gasteiger partial charge on any atom is -0.493 e. The smallest absolute Gasteiger partial charge is 0.329 e. The summed E-state index contributed by atoms with van der Waals surface area (Å²) in [7, 11) is 1.38. The Labute approximate surface area is 205 Å². The molecule has 9 heteroatoms. The number of nitrogens with zero attached hydrogens (tertiary/aromatic N) is 1. The highest BCUT2D eigenvalue weighted by molar-refractivity contribution is 5.99. The van der Waals surface area contributed by atoms with Crippen LogP contribution in [0, 0.1) is 17.7 Å². The summed E-state index contributed by atoms with van der Waals surface area (Å²) in [5, 5.41) is 2.65. The number of hydrogen-bond acceptors (Lipinski definition) is 7. The number of ether oxygens (including phenoxy) is 3. The van der Waals surface area contributed by atoms with Gasteiger partial charge in [-0.1, -0.05) is 46.8 Å². The van der Waals surface area contributed by atoms with Crippen molar-refractivity contribution in [1.82, 2.24) is 10.3 Å². The standard InChI is InChI=1S/C26H33FN2O6/c1-14(2)21(26(32)34-17(6)16(5)18-8-10-19(27)11-9-18)29-24(30)22-23(35-25(31)15(3)4)20(33-7)12-13-28-22/h8-17,21H,1-7H3,(H,29,30)/t16-,17+,21+/m1/s1. The van der Waals surface area contributed by atoms with Crippen molar-refractivity contribution in [3.63, 3.8) is 0 Å². The molecule has 1 amide bonds. The zero-order valence-corrected chi connectivity index (χ0v) is 21.1. The number of halogens is 1. The number of nitrogens with one attached hydrogen (secondary N) is 1. The van der Waals surface area contributed by atoms with Gasteiger partial charge in [0.15, 0.2) is 11.4 Å². The number of rotatable bonds is 10. The maximum absolute atomic E-state index is 13.2. The molecule has 2 rings (SSSR count). The molecule has 1 aromatic carbocycles. The van der Waals surface area contributed by atoms with Crippen molar-refractivity contribution in [2.45, 2.75) is 59.6 Å². The molecule has 0 radical (unpaired) electrons. The van der Waals surface area contributed by atoms with Crippen LogP contribution in [0.25, 0.3) is 0 Å². The molecule has 1 N–H and O–H groups in total. The van der Waals surface area contributed by atoms with Crippen molar-refractivity contribution >= 4 is 17.8 Å². The minimum atomic E-state index is -0.994. The Morgan fingerprint density at radius 2 is 1.57 bits per heavy atom. The molecule has 0 unspecified atom stereocenters. The summed E-state index contributed by atoms with van der Waals surface area (Å²) in [6, 6.07) is 6.45. The second-order valence-corrected chi connectivity index (χ2v) is 8.94. The van der Waals surface area contributed by atoms with Gasteiger partial charge in [-0.2, -0.15) is 0 Å². The first kappa shape index (κ1) is 27.8. The third kappa shape index (κ3) is 7.24. The summed E-state index contributed by atoms with van der Waals surface area (Å²) in [5.74, 6) is -3.18. The molecule has 0 saturated carbocycles. The Morgan fingerprint density at radius 1 is 0.943 bits per heavy atom. The van der Waals surface area contributed by atoms with Gasteiger partial charge in [-0.05, 0) is 30.5 Å². The van der Waals surface area contributed by atoms with Crippen molar-refractivity contribution in [3.8, 4) is 11.5 Å². The van der Waals surface area contributed by atoms with Crippen LogP contribution in [0.15, 0.2) is 36.5 Å². The molecular weight excluding hydrogens is 455 g/mol. The van der Waals surface area contributed by atoms with Gasteiger partial charge in [0.25, 0.3) is 5.91 Å². The zero-order valence-electron chi connectivity index (χ0n) is 21.1. The van der Waals surface area contributed by atoms with E-state index in [1.54, 1.807) is 46.8 Å². The van der Waals surface area contributed by atoms with Crippen molar-refractivity contribution in [2.75, 3.05) is 7.11 Å². The topological polar surface area (TPSA) is 104 Å². The molecule has 1 aromatic heterocycles. The van der Waals surface area contributed by atoms with E-state index in [0.717, 1.165) is 5.56 Å². The lowest BCUT2D eigenvalue weighted by Gasteiger charge is -2.26. The minimum absolute atomic E-state index is 0.125. The number of carbonyl (C=O) groups is 3. The molecule has 8 nitrogen and oxygen atoms in total. The maximum atomic E-state index is 13.2. The summed E-state index contributed by atoms with van der Waals surface area (Å²) in [6.45, 7) is 10.4. The monoisotopic (exact) mass is 488 g/mol. The Bertz CT molecular complexity index is 1040. The lowest BCUT2D eigenvalue weighted by Crippen LogP contribution is -2.46. The first-order valence-corrected chi connectivity index (χ1v) is 11.5. The summed E-state index contributed by atoms with van der Waals surface area (Å²) in [5.41, 5.74) is 0.624. The molecule has 2 aromatic rings. The van der Waals surface area contributed by atoms with E-state index in [4.69, 9.17) is 14.2 Å². The van der Waals surface area contributed by atoms with E-state index in [0.29, 0.717) is 0 Å². The molecule has 0 spiro atoms. The van der Waals surface area contributed by atoms with Crippen LogP contribution in [-0.2, 0) is 14.3 Å². The number of pyridine rings is 1. The van der Waals surface area contributed by atoms with E-state index in [1.807, 2.05) is 6.92 Å². The van der Waals surface area contributed by atoms with Crippen molar-refractivity contribution < 1.29 is 33.0 Å². The average Bonchev–Trinajstić information content (AvgIpc) is 2.81. The molecule has 3 atom stereocenters. The van der Waals surface area contributed by atoms with Crippen molar-refractivity contribution in [2.24, 2.45) is 11.8 Å². The highest BCUT2D eigenvalue weighted by Gasteiger charge is 2.31. The number of hydrogen-bond donors (Lipinski definition) is 1. The fourth-order valence-electron chi connectivity index (χ4n) is 3.17. The largest absolute Gasteiger partial charge is 0.493 e. The highest BCUT2D eigenvalue weighted by Crippen LogP contribution is 2.30. The number of aromatic nitrogens is 1. The number of esters is 2. The molecule has 1 heterocycles. The lowest BCUT2D eigenvalue weighted by atomic mass is 9.96.